The summed E-state index contributed by atoms with van der Waals surface area (Å²) in [6.07, 6.45) is 0.178. The van der Waals surface area contributed by atoms with E-state index in [0.29, 0.717) is 10.7 Å². The molecule has 0 saturated carbocycles. The van der Waals surface area contributed by atoms with Crippen molar-refractivity contribution >= 4 is 23.2 Å². The van der Waals surface area contributed by atoms with Crippen molar-refractivity contribution in [1.29, 1.82) is 0 Å². The molecule has 2 atom stereocenters. The van der Waals surface area contributed by atoms with Gasteiger partial charge in [0.05, 0.1) is 22.7 Å². The van der Waals surface area contributed by atoms with E-state index in [1.54, 1.807) is 6.07 Å². The second kappa shape index (κ2) is 4.90. The zero-order valence-electron chi connectivity index (χ0n) is 10.8. The largest absolute Gasteiger partial charge is 0.388 e. The minimum absolute atomic E-state index is 0.00872. The van der Waals surface area contributed by atoms with E-state index in [4.69, 9.17) is 11.6 Å². The molecule has 2 rings (SSSR count). The predicted octanol–water partition coefficient (Wildman–Crippen LogP) is 3.48. The third kappa shape index (κ3) is 2.13. The van der Waals surface area contributed by atoms with Gasteiger partial charge in [-0.05, 0) is 29.5 Å². The molecule has 0 saturated heterocycles. The highest BCUT2D eigenvalue weighted by atomic mass is 35.5. The molecule has 2 N–H and O–H groups in total. The molecule has 0 radical (unpaired) electrons. The van der Waals surface area contributed by atoms with E-state index in [1.165, 1.54) is 0 Å². The maximum atomic E-state index is 11.8. The van der Waals surface area contributed by atoms with Gasteiger partial charge in [0.1, 0.15) is 0 Å². The zero-order valence-corrected chi connectivity index (χ0v) is 11.6. The Morgan fingerprint density at radius 3 is 2.67 bits per heavy atom. The van der Waals surface area contributed by atoms with Crippen molar-refractivity contribution in [1.82, 2.24) is 0 Å². The number of carbonyl (C=O) groups excluding carboxylic acids is 1. The third-order valence-electron chi connectivity index (χ3n) is 3.46. The van der Waals surface area contributed by atoms with Gasteiger partial charge in [0.15, 0.2) is 0 Å². The molecule has 1 aromatic rings. The van der Waals surface area contributed by atoms with Crippen molar-refractivity contribution in [3.05, 3.63) is 28.3 Å². The lowest BCUT2D eigenvalue weighted by Crippen LogP contribution is -2.10. The number of aliphatic hydroxyl groups is 1. The van der Waals surface area contributed by atoms with Crippen LogP contribution in [0.15, 0.2) is 12.1 Å². The maximum absolute atomic E-state index is 11.8. The molecule has 0 spiro atoms. The molecule has 1 aliphatic heterocycles. The number of rotatable bonds is 3. The summed E-state index contributed by atoms with van der Waals surface area (Å²) >= 11 is 6.19. The van der Waals surface area contributed by atoms with Gasteiger partial charge in [0.25, 0.3) is 0 Å². The van der Waals surface area contributed by atoms with Gasteiger partial charge in [-0.25, -0.2) is 0 Å². The number of amides is 1. The number of aliphatic hydroxyl groups excluding tert-OH is 1. The molecule has 98 valence electrons. The molecule has 2 unspecified atom stereocenters. The van der Waals surface area contributed by atoms with Crippen molar-refractivity contribution in [3.63, 3.8) is 0 Å². The van der Waals surface area contributed by atoms with Gasteiger partial charge in [0, 0.05) is 0 Å². The number of halogens is 1. The Labute approximate surface area is 112 Å². The summed E-state index contributed by atoms with van der Waals surface area (Å²) in [5.41, 5.74) is 2.39. The Kier molecular flexibility index (Phi) is 3.64. The van der Waals surface area contributed by atoms with E-state index in [0.717, 1.165) is 17.5 Å². The molecule has 18 heavy (non-hydrogen) atoms. The van der Waals surface area contributed by atoms with Crippen LogP contribution in [0.5, 0.6) is 0 Å². The summed E-state index contributed by atoms with van der Waals surface area (Å²) in [7, 11) is 0. The summed E-state index contributed by atoms with van der Waals surface area (Å²) in [6, 6.07) is 3.64. The molecular formula is C14H18ClNO2. The van der Waals surface area contributed by atoms with Gasteiger partial charge in [-0.2, -0.15) is 0 Å². The Morgan fingerprint density at radius 2 is 2.11 bits per heavy atom. The van der Waals surface area contributed by atoms with Crippen LogP contribution in [0.3, 0.4) is 0 Å². The van der Waals surface area contributed by atoms with Crippen LogP contribution < -0.4 is 5.32 Å². The lowest BCUT2D eigenvalue weighted by atomic mass is 9.92. The summed E-state index contributed by atoms with van der Waals surface area (Å²) in [5, 5.41) is 13.4. The number of hydrogen-bond acceptors (Lipinski definition) is 2. The lowest BCUT2D eigenvalue weighted by molar-refractivity contribution is -0.117. The summed E-state index contributed by atoms with van der Waals surface area (Å²) in [5.74, 6) is -0.0494. The first kappa shape index (κ1) is 13.4. The van der Waals surface area contributed by atoms with Gasteiger partial charge in [-0.1, -0.05) is 38.4 Å². The molecule has 1 aliphatic rings. The second-order valence-electron chi connectivity index (χ2n) is 5.11. The SMILES string of the molecule is CCC1C(=O)Nc2c(Cl)cc(C(O)C(C)C)cc21. The molecule has 0 fully saturated rings. The number of anilines is 1. The van der Waals surface area contributed by atoms with Crippen LogP contribution in [0.25, 0.3) is 0 Å². The minimum Gasteiger partial charge on any atom is -0.388 e. The lowest BCUT2D eigenvalue weighted by Gasteiger charge is -2.17. The highest BCUT2D eigenvalue weighted by Crippen LogP contribution is 2.41. The fourth-order valence-corrected chi connectivity index (χ4v) is 2.65. The fraction of sp³-hybridized carbons (Fsp3) is 0.500. The van der Waals surface area contributed by atoms with Gasteiger partial charge in [0.2, 0.25) is 5.91 Å². The van der Waals surface area contributed by atoms with Crippen molar-refractivity contribution in [3.8, 4) is 0 Å². The number of nitrogens with one attached hydrogen (secondary N) is 1. The van der Waals surface area contributed by atoms with Gasteiger partial charge < -0.3 is 10.4 Å². The summed E-state index contributed by atoms with van der Waals surface area (Å²) < 4.78 is 0. The Hall–Kier alpha value is -1.06. The first-order valence-electron chi connectivity index (χ1n) is 6.28. The molecule has 0 aromatic heterocycles. The number of hydrogen-bond donors (Lipinski definition) is 2. The molecule has 0 bridgehead atoms. The minimum atomic E-state index is -0.555. The van der Waals surface area contributed by atoms with Crippen LogP contribution in [0.1, 0.15) is 50.3 Å². The van der Waals surface area contributed by atoms with Crippen molar-refractivity contribution in [2.24, 2.45) is 5.92 Å². The van der Waals surface area contributed by atoms with Crippen LogP contribution in [0.4, 0.5) is 5.69 Å². The Bertz CT molecular complexity index is 485. The molecule has 1 amide bonds. The fourth-order valence-electron chi connectivity index (χ4n) is 2.37. The van der Waals surface area contributed by atoms with Crippen molar-refractivity contribution < 1.29 is 9.90 Å². The number of carbonyl (C=O) groups is 1. The molecule has 1 heterocycles. The second-order valence-corrected chi connectivity index (χ2v) is 5.51. The first-order chi connectivity index (χ1) is 8.45. The standard InChI is InChI=1S/C14H18ClNO2/c1-4-9-10-5-8(13(17)7(2)3)6-11(15)12(10)16-14(9)18/h5-7,9,13,17H,4H2,1-3H3,(H,16,18). The monoisotopic (exact) mass is 267 g/mol. The average molecular weight is 268 g/mol. The zero-order chi connectivity index (χ0) is 13.4. The highest BCUT2D eigenvalue weighted by molar-refractivity contribution is 6.34. The first-order valence-corrected chi connectivity index (χ1v) is 6.65. The van der Waals surface area contributed by atoms with E-state index >= 15 is 0 Å². The molecule has 1 aromatic carbocycles. The van der Waals surface area contributed by atoms with E-state index in [1.807, 2.05) is 26.8 Å². The predicted molar refractivity (Wildman–Crippen MR) is 72.9 cm³/mol. The Balaban J connectivity index is 2.49. The van der Waals surface area contributed by atoms with Crippen LogP contribution in [-0.4, -0.2) is 11.0 Å². The Morgan fingerprint density at radius 1 is 1.44 bits per heavy atom. The van der Waals surface area contributed by atoms with Crippen LogP contribution in [0, 0.1) is 5.92 Å². The number of benzene rings is 1. The topological polar surface area (TPSA) is 49.3 Å². The average Bonchev–Trinajstić information content (AvgIpc) is 2.64. The van der Waals surface area contributed by atoms with Crippen molar-refractivity contribution in [2.45, 2.75) is 39.2 Å². The maximum Gasteiger partial charge on any atom is 0.232 e. The molecule has 4 heteroatoms. The molecular weight excluding hydrogens is 250 g/mol. The van der Waals surface area contributed by atoms with E-state index in [9.17, 15) is 9.90 Å². The summed E-state index contributed by atoms with van der Waals surface area (Å²) in [4.78, 5) is 11.8. The third-order valence-corrected chi connectivity index (χ3v) is 3.76. The molecule has 3 nitrogen and oxygen atoms in total. The van der Waals surface area contributed by atoms with E-state index < -0.39 is 6.10 Å². The van der Waals surface area contributed by atoms with Gasteiger partial charge in [-0.3, -0.25) is 4.79 Å². The van der Waals surface area contributed by atoms with Crippen LogP contribution in [0.2, 0.25) is 5.02 Å². The van der Waals surface area contributed by atoms with Crippen LogP contribution in [-0.2, 0) is 4.79 Å². The van der Waals surface area contributed by atoms with Crippen molar-refractivity contribution in [2.75, 3.05) is 5.32 Å². The van der Waals surface area contributed by atoms with E-state index in [-0.39, 0.29) is 17.7 Å². The smallest absolute Gasteiger partial charge is 0.232 e. The van der Waals surface area contributed by atoms with Gasteiger partial charge in [-0.15, -0.1) is 0 Å². The van der Waals surface area contributed by atoms with E-state index in [2.05, 4.69) is 5.32 Å². The van der Waals surface area contributed by atoms with Crippen LogP contribution >= 0.6 is 11.6 Å². The normalized spacial score (nSPS) is 19.9. The quantitative estimate of drug-likeness (QED) is 0.881. The highest BCUT2D eigenvalue weighted by Gasteiger charge is 2.31. The molecule has 0 aliphatic carbocycles. The summed E-state index contributed by atoms with van der Waals surface area (Å²) in [6.45, 7) is 5.87. The number of fused-ring (bicyclic) bond motifs is 1. The van der Waals surface area contributed by atoms with Gasteiger partial charge >= 0.3 is 0 Å².